The minimum Gasteiger partial charge on any atom is -0.359 e. The maximum atomic E-state index is 11.8. The summed E-state index contributed by atoms with van der Waals surface area (Å²) in [6.45, 7) is 0.669. The number of rotatable bonds is 5. The van der Waals surface area contributed by atoms with Gasteiger partial charge < -0.3 is 10.6 Å². The Labute approximate surface area is 138 Å². The van der Waals surface area contributed by atoms with E-state index in [2.05, 4.69) is 15.7 Å². The van der Waals surface area contributed by atoms with Gasteiger partial charge in [-0.1, -0.05) is 0 Å². The molecule has 2 rings (SSSR count). The first-order valence-corrected chi connectivity index (χ1v) is 8.28. The molecule has 0 saturated heterocycles. The van der Waals surface area contributed by atoms with E-state index in [1.54, 1.807) is 22.2 Å². The molecule has 0 aliphatic heterocycles. The Morgan fingerprint density at radius 1 is 1.38 bits per heavy atom. The Bertz CT molecular complexity index is 495. The summed E-state index contributed by atoms with van der Waals surface area (Å²) in [5.74, 6) is 0.822. The van der Waals surface area contributed by atoms with Crippen LogP contribution in [0.25, 0.3) is 0 Å². The van der Waals surface area contributed by atoms with Crippen molar-refractivity contribution in [2.45, 2.75) is 32.1 Å². The van der Waals surface area contributed by atoms with Gasteiger partial charge in [0.1, 0.15) is 0 Å². The molecule has 21 heavy (non-hydrogen) atoms. The predicted molar refractivity (Wildman–Crippen MR) is 88.1 cm³/mol. The largest absolute Gasteiger partial charge is 0.359 e. The molecule has 1 fully saturated rings. The molecular formula is C14H21IN4O2. The van der Waals surface area contributed by atoms with Gasteiger partial charge in [0.2, 0.25) is 5.91 Å². The van der Waals surface area contributed by atoms with Crippen molar-refractivity contribution in [2.24, 2.45) is 11.8 Å². The Morgan fingerprint density at radius 2 is 2.10 bits per heavy atom. The number of halogens is 1. The Hall–Kier alpha value is -1.12. The first kappa shape index (κ1) is 16.3. The lowest BCUT2D eigenvalue weighted by Gasteiger charge is -2.27. The van der Waals surface area contributed by atoms with E-state index < -0.39 is 0 Å². The van der Waals surface area contributed by atoms with Gasteiger partial charge in [-0.05, 0) is 44.1 Å². The van der Waals surface area contributed by atoms with Crippen LogP contribution in [0.2, 0.25) is 0 Å². The molecule has 0 aromatic carbocycles. The third-order valence-electron chi connectivity index (χ3n) is 4.09. The van der Waals surface area contributed by atoms with Crippen molar-refractivity contribution in [1.29, 1.82) is 0 Å². The zero-order valence-electron chi connectivity index (χ0n) is 12.1. The normalized spacial score (nSPS) is 21.8. The second kappa shape index (κ2) is 7.77. The summed E-state index contributed by atoms with van der Waals surface area (Å²) >= 11 is 2.01. The minimum absolute atomic E-state index is 0.121. The summed E-state index contributed by atoms with van der Waals surface area (Å²) in [6.07, 6.45) is 6.76. The van der Waals surface area contributed by atoms with E-state index in [9.17, 15) is 9.59 Å². The monoisotopic (exact) mass is 404 g/mol. The molecule has 1 aliphatic rings. The van der Waals surface area contributed by atoms with E-state index in [-0.39, 0.29) is 17.7 Å². The van der Waals surface area contributed by atoms with Crippen LogP contribution < -0.4 is 10.6 Å². The highest BCUT2D eigenvalue weighted by molar-refractivity contribution is 14.1. The van der Waals surface area contributed by atoms with Crippen LogP contribution in [0, 0.1) is 11.8 Å². The van der Waals surface area contributed by atoms with Gasteiger partial charge in [-0.15, -0.1) is 0 Å². The molecule has 116 valence electrons. The maximum absolute atomic E-state index is 11.8. The quantitative estimate of drug-likeness (QED) is 0.735. The summed E-state index contributed by atoms with van der Waals surface area (Å²) < 4.78 is 1.59. The summed E-state index contributed by atoms with van der Waals surface area (Å²) in [6, 6.07) is 1.70. The summed E-state index contributed by atoms with van der Waals surface area (Å²) in [5.41, 5.74) is 0.452. The standard InChI is InChI=1S/C14H21IN4O2/c1-16-13(20)11-4-2-10(3-5-11)6-8-17-14(21)12-7-9-19(15)18-12/h7,9-11H,2-6,8H2,1H3,(H,16,20)(H,17,21). The lowest BCUT2D eigenvalue weighted by molar-refractivity contribution is -0.125. The Morgan fingerprint density at radius 3 is 2.67 bits per heavy atom. The van der Waals surface area contributed by atoms with E-state index in [0.29, 0.717) is 18.2 Å². The van der Waals surface area contributed by atoms with Crippen molar-refractivity contribution in [3.63, 3.8) is 0 Å². The fraction of sp³-hybridized carbons (Fsp3) is 0.643. The topological polar surface area (TPSA) is 76.0 Å². The van der Waals surface area contributed by atoms with E-state index in [1.807, 2.05) is 22.9 Å². The third kappa shape index (κ3) is 4.69. The average Bonchev–Trinajstić information content (AvgIpc) is 2.94. The second-order valence-corrected chi connectivity index (χ2v) is 6.45. The summed E-state index contributed by atoms with van der Waals surface area (Å²) in [5, 5.41) is 9.69. The van der Waals surface area contributed by atoms with Crippen LogP contribution in [-0.4, -0.2) is 33.4 Å². The van der Waals surface area contributed by atoms with Gasteiger partial charge in [0.25, 0.3) is 5.91 Å². The zero-order chi connectivity index (χ0) is 15.2. The van der Waals surface area contributed by atoms with Crippen molar-refractivity contribution in [2.75, 3.05) is 13.6 Å². The average molecular weight is 404 g/mol. The number of nitrogens with zero attached hydrogens (tertiary/aromatic N) is 2. The summed E-state index contributed by atoms with van der Waals surface area (Å²) in [4.78, 5) is 23.4. The van der Waals surface area contributed by atoms with E-state index in [1.165, 1.54) is 0 Å². The number of carbonyl (C=O) groups is 2. The van der Waals surface area contributed by atoms with Crippen LogP contribution in [0.5, 0.6) is 0 Å². The van der Waals surface area contributed by atoms with Crippen LogP contribution in [0.15, 0.2) is 12.3 Å². The molecule has 0 spiro atoms. The smallest absolute Gasteiger partial charge is 0.271 e. The Kier molecular flexibility index (Phi) is 6.01. The molecule has 7 heteroatoms. The molecule has 2 amide bonds. The Balaban J connectivity index is 1.66. The van der Waals surface area contributed by atoms with E-state index >= 15 is 0 Å². The van der Waals surface area contributed by atoms with Gasteiger partial charge in [-0.3, -0.25) is 9.59 Å². The lowest BCUT2D eigenvalue weighted by Crippen LogP contribution is -2.32. The van der Waals surface area contributed by atoms with Gasteiger partial charge >= 0.3 is 0 Å². The van der Waals surface area contributed by atoms with Crippen LogP contribution >= 0.6 is 22.9 Å². The molecule has 0 bridgehead atoms. The van der Waals surface area contributed by atoms with Gasteiger partial charge in [-0.25, -0.2) is 2.90 Å². The van der Waals surface area contributed by atoms with Gasteiger partial charge in [0, 0.05) is 25.7 Å². The molecule has 0 unspecified atom stereocenters. The molecular weight excluding hydrogens is 383 g/mol. The van der Waals surface area contributed by atoms with Crippen molar-refractivity contribution in [1.82, 2.24) is 18.6 Å². The second-order valence-electron chi connectivity index (χ2n) is 5.47. The number of carbonyl (C=O) groups excluding carboxylic acids is 2. The van der Waals surface area contributed by atoms with E-state index in [4.69, 9.17) is 0 Å². The zero-order valence-corrected chi connectivity index (χ0v) is 14.3. The number of hydrogen-bond acceptors (Lipinski definition) is 3. The molecule has 1 aliphatic carbocycles. The van der Waals surface area contributed by atoms with Crippen molar-refractivity contribution in [3.05, 3.63) is 18.0 Å². The van der Waals surface area contributed by atoms with Crippen LogP contribution in [0.1, 0.15) is 42.6 Å². The molecule has 1 heterocycles. The lowest BCUT2D eigenvalue weighted by atomic mass is 9.80. The molecule has 1 saturated carbocycles. The fourth-order valence-corrected chi connectivity index (χ4v) is 3.21. The molecule has 2 N–H and O–H groups in total. The SMILES string of the molecule is CNC(=O)C1CCC(CCNC(=O)c2ccn(I)n2)CC1. The van der Waals surface area contributed by atoms with Crippen LogP contribution in [-0.2, 0) is 4.79 Å². The van der Waals surface area contributed by atoms with Crippen LogP contribution in [0.3, 0.4) is 0 Å². The number of aromatic nitrogens is 2. The maximum Gasteiger partial charge on any atom is 0.271 e. The predicted octanol–water partition coefficient (Wildman–Crippen LogP) is 1.75. The van der Waals surface area contributed by atoms with Crippen LogP contribution in [0.4, 0.5) is 0 Å². The highest BCUT2D eigenvalue weighted by Crippen LogP contribution is 2.30. The van der Waals surface area contributed by atoms with Crippen molar-refractivity contribution < 1.29 is 9.59 Å². The summed E-state index contributed by atoms with van der Waals surface area (Å²) in [7, 11) is 1.70. The fourth-order valence-electron chi connectivity index (χ4n) is 2.82. The highest BCUT2D eigenvalue weighted by atomic mass is 127. The van der Waals surface area contributed by atoms with Gasteiger partial charge in [-0.2, -0.15) is 5.10 Å². The van der Waals surface area contributed by atoms with Gasteiger partial charge in [0.15, 0.2) is 5.69 Å². The number of hydrogen-bond donors (Lipinski definition) is 2. The third-order valence-corrected chi connectivity index (χ3v) is 4.63. The molecule has 0 radical (unpaired) electrons. The molecule has 1 aromatic rings. The van der Waals surface area contributed by atoms with Crippen molar-refractivity contribution >= 4 is 34.7 Å². The minimum atomic E-state index is -0.121. The molecule has 6 nitrogen and oxygen atoms in total. The number of nitrogens with one attached hydrogen (secondary N) is 2. The van der Waals surface area contributed by atoms with Gasteiger partial charge in [0.05, 0.1) is 22.9 Å². The first-order valence-electron chi connectivity index (χ1n) is 7.31. The molecule has 0 atom stereocenters. The van der Waals surface area contributed by atoms with Crippen molar-refractivity contribution in [3.8, 4) is 0 Å². The highest BCUT2D eigenvalue weighted by Gasteiger charge is 2.25. The van der Waals surface area contributed by atoms with E-state index in [0.717, 1.165) is 32.1 Å². The molecule has 1 aromatic heterocycles. The first-order chi connectivity index (χ1) is 10.1. The number of amides is 2.